The first-order valence-corrected chi connectivity index (χ1v) is 7.34. The molecular formula is C17H23F2Li. The quantitative estimate of drug-likeness (QED) is 0.518. The van der Waals surface area contributed by atoms with Crippen LogP contribution in [-0.4, -0.2) is 18.9 Å². The van der Waals surface area contributed by atoms with Crippen LogP contribution in [0.15, 0.2) is 24.3 Å². The van der Waals surface area contributed by atoms with E-state index in [4.69, 9.17) is 0 Å². The molecule has 0 bridgehead atoms. The molecule has 106 valence electrons. The van der Waals surface area contributed by atoms with Crippen molar-refractivity contribution in [2.45, 2.75) is 51.9 Å². The second-order valence-corrected chi connectivity index (χ2v) is 5.52. The number of rotatable bonds is 5. The molecule has 2 rings (SSSR count). The van der Waals surface area contributed by atoms with Gasteiger partial charge in [0.2, 0.25) is 0 Å². The molecule has 0 aliphatic heterocycles. The molecule has 1 aliphatic rings. The van der Waals surface area contributed by atoms with Crippen molar-refractivity contribution in [2.24, 2.45) is 5.92 Å². The number of allylic oxidation sites excluding steroid dienone is 2. The zero-order valence-corrected chi connectivity index (χ0v) is 11.6. The van der Waals surface area contributed by atoms with E-state index in [1.807, 2.05) is 0 Å². The number of benzene rings is 1. The molecule has 0 saturated heterocycles. The van der Waals surface area contributed by atoms with Crippen molar-refractivity contribution < 1.29 is 8.78 Å². The molecular weight excluding hydrogens is 249 g/mol. The SMILES string of the molecule is CCCCCC1CC=C(c2cc(F)cc(F)c2)CC1.[LiH]. The van der Waals surface area contributed by atoms with E-state index < -0.39 is 11.6 Å². The van der Waals surface area contributed by atoms with E-state index in [1.54, 1.807) is 0 Å². The van der Waals surface area contributed by atoms with Crippen molar-refractivity contribution in [3.05, 3.63) is 41.5 Å². The molecule has 0 aromatic heterocycles. The van der Waals surface area contributed by atoms with Gasteiger partial charge in [-0.05, 0) is 48.4 Å². The van der Waals surface area contributed by atoms with E-state index >= 15 is 0 Å². The average Bonchev–Trinajstić information content (AvgIpc) is 2.39. The van der Waals surface area contributed by atoms with E-state index in [9.17, 15) is 8.78 Å². The molecule has 1 aromatic rings. The Morgan fingerprint density at radius 3 is 2.35 bits per heavy atom. The zero-order chi connectivity index (χ0) is 13.7. The molecule has 0 N–H and O–H groups in total. The number of hydrogen-bond donors (Lipinski definition) is 0. The molecule has 0 radical (unpaired) electrons. The van der Waals surface area contributed by atoms with Crippen LogP contribution in [0, 0.1) is 17.6 Å². The van der Waals surface area contributed by atoms with Crippen molar-refractivity contribution >= 4 is 24.4 Å². The van der Waals surface area contributed by atoms with Crippen molar-refractivity contribution in [1.82, 2.24) is 0 Å². The maximum atomic E-state index is 13.2. The fourth-order valence-electron chi connectivity index (χ4n) is 2.84. The Kier molecular flexibility index (Phi) is 7.55. The normalized spacial score (nSPS) is 18.4. The van der Waals surface area contributed by atoms with Crippen LogP contribution in [0.5, 0.6) is 0 Å². The van der Waals surface area contributed by atoms with Gasteiger partial charge in [0.1, 0.15) is 11.6 Å². The molecule has 3 heteroatoms. The van der Waals surface area contributed by atoms with Gasteiger partial charge < -0.3 is 0 Å². The van der Waals surface area contributed by atoms with Gasteiger partial charge in [-0.15, -0.1) is 0 Å². The summed E-state index contributed by atoms with van der Waals surface area (Å²) >= 11 is 0. The van der Waals surface area contributed by atoms with Crippen LogP contribution < -0.4 is 0 Å². The Balaban J connectivity index is 0.00000200. The third-order valence-corrected chi connectivity index (χ3v) is 3.97. The maximum absolute atomic E-state index is 13.2. The predicted octanol–water partition coefficient (Wildman–Crippen LogP) is 5.08. The molecule has 1 aromatic carbocycles. The Labute approximate surface area is 132 Å². The van der Waals surface area contributed by atoms with E-state index in [2.05, 4.69) is 13.0 Å². The van der Waals surface area contributed by atoms with Crippen LogP contribution in [0.1, 0.15) is 57.4 Å². The van der Waals surface area contributed by atoms with Crippen molar-refractivity contribution in [1.29, 1.82) is 0 Å². The van der Waals surface area contributed by atoms with Gasteiger partial charge in [-0.2, -0.15) is 0 Å². The minimum atomic E-state index is -0.485. The summed E-state index contributed by atoms with van der Waals surface area (Å²) in [4.78, 5) is 0. The first-order chi connectivity index (χ1) is 9.19. The van der Waals surface area contributed by atoms with Gasteiger partial charge in [-0.1, -0.05) is 38.7 Å². The molecule has 0 spiro atoms. The van der Waals surface area contributed by atoms with Gasteiger partial charge >= 0.3 is 18.9 Å². The second kappa shape index (κ2) is 8.65. The van der Waals surface area contributed by atoms with Gasteiger partial charge in [-0.3, -0.25) is 0 Å². The van der Waals surface area contributed by atoms with Crippen LogP contribution in [0.4, 0.5) is 8.78 Å². The van der Waals surface area contributed by atoms with Gasteiger partial charge in [-0.25, -0.2) is 8.78 Å². The molecule has 0 saturated carbocycles. The van der Waals surface area contributed by atoms with Gasteiger partial charge in [0, 0.05) is 6.07 Å². The molecule has 1 atom stereocenters. The van der Waals surface area contributed by atoms with E-state index in [-0.39, 0.29) is 18.9 Å². The fourth-order valence-corrected chi connectivity index (χ4v) is 2.84. The Morgan fingerprint density at radius 2 is 1.80 bits per heavy atom. The first kappa shape index (κ1) is 17.5. The van der Waals surface area contributed by atoms with Crippen LogP contribution in [0.2, 0.25) is 0 Å². The summed E-state index contributed by atoms with van der Waals surface area (Å²) in [7, 11) is 0. The molecule has 0 amide bonds. The summed E-state index contributed by atoms with van der Waals surface area (Å²) in [5.41, 5.74) is 1.81. The third kappa shape index (κ3) is 5.07. The molecule has 0 nitrogen and oxygen atoms in total. The number of hydrogen-bond acceptors (Lipinski definition) is 0. The predicted molar refractivity (Wildman–Crippen MR) is 83.0 cm³/mol. The minimum absolute atomic E-state index is 0. The first-order valence-electron chi connectivity index (χ1n) is 7.34. The van der Waals surface area contributed by atoms with Crippen LogP contribution in [0.3, 0.4) is 0 Å². The molecule has 0 heterocycles. The van der Waals surface area contributed by atoms with Crippen molar-refractivity contribution in [3.63, 3.8) is 0 Å². The Morgan fingerprint density at radius 1 is 1.10 bits per heavy atom. The number of halogens is 2. The molecule has 1 unspecified atom stereocenters. The molecule has 0 fully saturated rings. The van der Waals surface area contributed by atoms with Crippen LogP contribution >= 0.6 is 0 Å². The second-order valence-electron chi connectivity index (χ2n) is 5.52. The third-order valence-electron chi connectivity index (χ3n) is 3.97. The van der Waals surface area contributed by atoms with E-state index in [0.29, 0.717) is 5.56 Å². The number of unbranched alkanes of at least 4 members (excludes halogenated alkanes) is 2. The summed E-state index contributed by atoms with van der Waals surface area (Å²) in [5.74, 6) is -0.212. The van der Waals surface area contributed by atoms with E-state index in [1.165, 1.54) is 37.8 Å². The summed E-state index contributed by atoms with van der Waals surface area (Å²) in [6.07, 6.45) is 10.5. The summed E-state index contributed by atoms with van der Waals surface area (Å²) in [6.45, 7) is 2.22. The monoisotopic (exact) mass is 272 g/mol. The molecule has 20 heavy (non-hydrogen) atoms. The van der Waals surface area contributed by atoms with E-state index in [0.717, 1.165) is 36.8 Å². The summed E-state index contributed by atoms with van der Waals surface area (Å²) < 4.78 is 26.4. The van der Waals surface area contributed by atoms with Crippen LogP contribution in [-0.2, 0) is 0 Å². The Hall–Kier alpha value is -0.583. The van der Waals surface area contributed by atoms with Gasteiger partial charge in [0.05, 0.1) is 0 Å². The van der Waals surface area contributed by atoms with Gasteiger partial charge in [0.25, 0.3) is 0 Å². The van der Waals surface area contributed by atoms with Crippen LogP contribution in [0.25, 0.3) is 5.57 Å². The summed E-state index contributed by atoms with van der Waals surface area (Å²) in [6, 6.07) is 3.80. The van der Waals surface area contributed by atoms with Gasteiger partial charge in [0.15, 0.2) is 0 Å². The Bertz CT molecular complexity index is 434. The average molecular weight is 272 g/mol. The van der Waals surface area contributed by atoms with Crippen molar-refractivity contribution in [2.75, 3.05) is 0 Å². The molecule has 1 aliphatic carbocycles. The zero-order valence-electron chi connectivity index (χ0n) is 11.6. The fraction of sp³-hybridized carbons (Fsp3) is 0.529. The topological polar surface area (TPSA) is 0 Å². The standard InChI is InChI=1S/C17H22F2.Li.H/c1-2-3-4-5-13-6-8-14(9-7-13)15-10-16(18)12-17(19)11-15;;/h8,10-13H,2-7,9H2,1H3;;. The van der Waals surface area contributed by atoms with Crippen molar-refractivity contribution in [3.8, 4) is 0 Å². The summed E-state index contributed by atoms with van der Waals surface area (Å²) in [5, 5.41) is 0.